The largest absolute Gasteiger partial charge is 0.307 e. The highest BCUT2D eigenvalue weighted by Gasteiger charge is 2.21. The van der Waals surface area contributed by atoms with E-state index in [4.69, 9.17) is 0 Å². The maximum atomic E-state index is 4.44. The first-order valence-electron chi connectivity index (χ1n) is 7.84. The first kappa shape index (κ1) is 14.6. The van der Waals surface area contributed by atoms with Crippen LogP contribution in [0.3, 0.4) is 0 Å². The zero-order valence-corrected chi connectivity index (χ0v) is 12.9. The summed E-state index contributed by atoms with van der Waals surface area (Å²) in [5.41, 5.74) is 2.48. The maximum absolute atomic E-state index is 4.44. The molecule has 0 spiro atoms. The second kappa shape index (κ2) is 6.56. The lowest BCUT2D eigenvalue weighted by molar-refractivity contribution is 0.316. The molecule has 0 bridgehead atoms. The molecule has 1 aliphatic rings. The van der Waals surface area contributed by atoms with Crippen molar-refractivity contribution in [3.05, 3.63) is 17.5 Å². The Morgan fingerprint density at radius 3 is 2.37 bits per heavy atom. The van der Waals surface area contributed by atoms with Gasteiger partial charge in [0.15, 0.2) is 0 Å². The Morgan fingerprint density at radius 1 is 1.21 bits per heavy atom. The van der Waals surface area contributed by atoms with Crippen molar-refractivity contribution in [3.8, 4) is 0 Å². The molecule has 0 amide bonds. The van der Waals surface area contributed by atoms with Gasteiger partial charge >= 0.3 is 0 Å². The summed E-state index contributed by atoms with van der Waals surface area (Å²) in [5.74, 6) is 0.849. The summed E-state index contributed by atoms with van der Waals surface area (Å²) in [6.45, 7) is 6.72. The summed E-state index contributed by atoms with van der Waals surface area (Å²) in [6.07, 6.45) is 10.6. The number of hydrogen-bond donors (Lipinski definition) is 1. The molecule has 0 aromatic carbocycles. The molecule has 1 aromatic heterocycles. The number of aromatic nitrogens is 2. The molecular weight excluding hydrogens is 234 g/mol. The topological polar surface area (TPSA) is 29.9 Å². The minimum absolute atomic E-state index is 0.395. The Hall–Kier alpha value is -0.830. The lowest BCUT2D eigenvalue weighted by Gasteiger charge is -2.27. The van der Waals surface area contributed by atoms with Crippen molar-refractivity contribution < 1.29 is 0 Å². The van der Waals surface area contributed by atoms with Gasteiger partial charge in [0.1, 0.15) is 0 Å². The molecule has 0 aliphatic heterocycles. The predicted molar refractivity (Wildman–Crippen MR) is 80.1 cm³/mol. The number of rotatable bonds is 4. The number of nitrogens with zero attached hydrogens (tertiary/aromatic N) is 2. The van der Waals surface area contributed by atoms with E-state index in [1.165, 1.54) is 44.1 Å². The van der Waals surface area contributed by atoms with Crippen LogP contribution in [0.4, 0.5) is 0 Å². The number of aryl methyl sites for hydroxylation is 2. The second-order valence-electron chi connectivity index (χ2n) is 6.27. The smallest absolute Gasteiger partial charge is 0.0641 e. The van der Waals surface area contributed by atoms with Gasteiger partial charge in [-0.1, -0.05) is 25.7 Å². The molecule has 1 fully saturated rings. The van der Waals surface area contributed by atoms with Crippen LogP contribution in [0, 0.1) is 12.8 Å². The summed E-state index contributed by atoms with van der Waals surface area (Å²) in [7, 11) is 2.00. The summed E-state index contributed by atoms with van der Waals surface area (Å²) in [5, 5.41) is 8.24. The zero-order valence-electron chi connectivity index (χ0n) is 12.9. The molecule has 1 saturated carbocycles. The predicted octanol–water partition coefficient (Wildman–Crippen LogP) is 3.74. The Morgan fingerprint density at radius 2 is 1.84 bits per heavy atom. The number of nitrogens with one attached hydrogen (secondary N) is 1. The summed E-state index contributed by atoms with van der Waals surface area (Å²) in [4.78, 5) is 0. The molecule has 19 heavy (non-hydrogen) atoms. The van der Waals surface area contributed by atoms with Gasteiger partial charge in [-0.2, -0.15) is 5.10 Å². The minimum Gasteiger partial charge on any atom is -0.307 e. The average molecular weight is 263 g/mol. The van der Waals surface area contributed by atoms with E-state index in [1.807, 2.05) is 11.7 Å². The normalized spacial score (nSPS) is 21.1. The van der Waals surface area contributed by atoms with Gasteiger partial charge < -0.3 is 5.32 Å². The van der Waals surface area contributed by atoms with E-state index in [1.54, 1.807) is 0 Å². The zero-order chi connectivity index (χ0) is 13.8. The molecule has 1 aromatic rings. The van der Waals surface area contributed by atoms with Crippen LogP contribution in [0.25, 0.3) is 0 Å². The molecule has 3 nitrogen and oxygen atoms in total. The first-order chi connectivity index (χ1) is 9.08. The molecule has 1 aliphatic carbocycles. The molecule has 0 radical (unpaired) electrons. The van der Waals surface area contributed by atoms with E-state index in [9.17, 15) is 0 Å². The van der Waals surface area contributed by atoms with E-state index < -0.39 is 0 Å². The van der Waals surface area contributed by atoms with Crippen LogP contribution in [0.1, 0.15) is 69.7 Å². The van der Waals surface area contributed by atoms with Crippen LogP contribution in [0.5, 0.6) is 0 Å². The SMILES string of the molecule is Cc1nn(C)cc1C(C)N[C@@H](C)C1CCCCCC1. The Balaban J connectivity index is 1.93. The highest BCUT2D eigenvalue weighted by molar-refractivity contribution is 5.19. The van der Waals surface area contributed by atoms with Crippen molar-refractivity contribution in [3.63, 3.8) is 0 Å². The fourth-order valence-electron chi connectivity index (χ4n) is 3.47. The molecule has 1 heterocycles. The summed E-state index contributed by atoms with van der Waals surface area (Å²) in [6, 6.07) is 1.000. The first-order valence-corrected chi connectivity index (χ1v) is 7.84. The number of hydrogen-bond acceptors (Lipinski definition) is 2. The Labute approximate surface area is 117 Å². The molecule has 2 rings (SSSR count). The van der Waals surface area contributed by atoms with Crippen molar-refractivity contribution in [2.45, 2.75) is 71.4 Å². The monoisotopic (exact) mass is 263 g/mol. The van der Waals surface area contributed by atoms with Crippen molar-refractivity contribution in [2.75, 3.05) is 0 Å². The van der Waals surface area contributed by atoms with Gasteiger partial charge in [0.25, 0.3) is 0 Å². The fourth-order valence-corrected chi connectivity index (χ4v) is 3.47. The average Bonchev–Trinajstić information content (AvgIpc) is 2.58. The second-order valence-corrected chi connectivity index (χ2v) is 6.27. The van der Waals surface area contributed by atoms with Crippen LogP contribution in [-0.2, 0) is 7.05 Å². The molecule has 2 atom stereocenters. The van der Waals surface area contributed by atoms with Gasteiger partial charge in [-0.25, -0.2) is 0 Å². The fraction of sp³-hybridized carbons (Fsp3) is 0.812. The van der Waals surface area contributed by atoms with Crippen LogP contribution < -0.4 is 5.32 Å². The van der Waals surface area contributed by atoms with Crippen molar-refractivity contribution in [1.29, 1.82) is 0 Å². The van der Waals surface area contributed by atoms with E-state index in [2.05, 4.69) is 37.4 Å². The van der Waals surface area contributed by atoms with Gasteiger partial charge in [-0.05, 0) is 39.5 Å². The third-order valence-electron chi connectivity index (χ3n) is 4.64. The van der Waals surface area contributed by atoms with Gasteiger partial charge in [0, 0.05) is 30.9 Å². The molecule has 1 N–H and O–H groups in total. The summed E-state index contributed by atoms with van der Waals surface area (Å²) >= 11 is 0. The van der Waals surface area contributed by atoms with Crippen molar-refractivity contribution in [2.24, 2.45) is 13.0 Å². The Bertz CT molecular complexity index is 389. The Kier molecular flexibility index (Phi) is 5.03. The van der Waals surface area contributed by atoms with E-state index in [0.717, 1.165) is 11.6 Å². The van der Waals surface area contributed by atoms with E-state index >= 15 is 0 Å². The maximum Gasteiger partial charge on any atom is 0.0641 e. The van der Waals surface area contributed by atoms with Gasteiger partial charge in [-0.15, -0.1) is 0 Å². The van der Waals surface area contributed by atoms with Gasteiger partial charge in [-0.3, -0.25) is 4.68 Å². The van der Waals surface area contributed by atoms with Crippen LogP contribution in [0.15, 0.2) is 6.20 Å². The lowest BCUT2D eigenvalue weighted by atomic mass is 9.92. The van der Waals surface area contributed by atoms with Crippen molar-refractivity contribution in [1.82, 2.24) is 15.1 Å². The van der Waals surface area contributed by atoms with E-state index in [0.29, 0.717) is 12.1 Å². The molecular formula is C16H29N3. The highest BCUT2D eigenvalue weighted by Crippen LogP contribution is 2.27. The molecule has 0 saturated heterocycles. The standard InChI is InChI=1S/C16H29N3/c1-12(15-9-7-5-6-8-10-15)17-13(2)16-11-19(4)18-14(16)3/h11-13,15,17H,5-10H2,1-4H3/t12-,13?/m0/s1. The van der Waals surface area contributed by atoms with Crippen LogP contribution >= 0.6 is 0 Å². The van der Waals surface area contributed by atoms with E-state index in [-0.39, 0.29) is 0 Å². The lowest BCUT2D eigenvalue weighted by Crippen LogP contribution is -2.35. The molecule has 1 unspecified atom stereocenters. The third kappa shape index (κ3) is 3.82. The quantitative estimate of drug-likeness (QED) is 0.839. The van der Waals surface area contributed by atoms with Gasteiger partial charge in [0.05, 0.1) is 5.69 Å². The van der Waals surface area contributed by atoms with Crippen LogP contribution in [-0.4, -0.2) is 15.8 Å². The minimum atomic E-state index is 0.395. The summed E-state index contributed by atoms with van der Waals surface area (Å²) < 4.78 is 1.92. The molecule has 3 heteroatoms. The third-order valence-corrected chi connectivity index (χ3v) is 4.64. The molecule has 108 valence electrons. The highest BCUT2D eigenvalue weighted by atomic mass is 15.3. The van der Waals surface area contributed by atoms with Crippen molar-refractivity contribution >= 4 is 0 Å². The van der Waals surface area contributed by atoms with Crippen LogP contribution in [0.2, 0.25) is 0 Å². The van der Waals surface area contributed by atoms with Gasteiger partial charge in [0.2, 0.25) is 0 Å².